The smallest absolute Gasteiger partial charge is 0.445 e. The first kappa shape index (κ1) is 23.0. The molecule has 5 rings (SSSR count). The second-order valence-corrected chi connectivity index (χ2v) is 8.87. The van der Waals surface area contributed by atoms with Crippen LogP contribution in [0.25, 0.3) is 10.9 Å². The largest absolute Gasteiger partial charge is 0.509 e. The van der Waals surface area contributed by atoms with Gasteiger partial charge in [0.1, 0.15) is 18.7 Å². The molecule has 0 bridgehead atoms. The number of carbonyl (C=O) groups excluding carboxylic acids is 3. The SMILES string of the molecule is O=C1N[C@@H](Cc2cn(C(=O)OCc3ccccc3)c3cc([B-](F)(F)F)ccc23)C(=O)N2CCC[C@@H]12. The molecule has 1 N–H and O–H groups in total. The van der Waals surface area contributed by atoms with Crippen molar-refractivity contribution in [1.29, 1.82) is 0 Å². The van der Waals surface area contributed by atoms with Gasteiger partial charge in [-0.1, -0.05) is 48.5 Å². The van der Waals surface area contributed by atoms with Crippen molar-refractivity contribution in [2.75, 3.05) is 6.54 Å². The molecule has 11 heteroatoms. The number of hydrogen-bond acceptors (Lipinski definition) is 4. The first-order valence-electron chi connectivity index (χ1n) is 11.4. The molecule has 3 heterocycles. The predicted octanol–water partition coefficient (Wildman–Crippen LogP) is 2.91. The minimum Gasteiger partial charge on any atom is -0.445 e. The third-order valence-corrected chi connectivity index (χ3v) is 6.57. The van der Waals surface area contributed by atoms with Crippen molar-refractivity contribution >= 4 is 41.3 Å². The highest BCUT2D eigenvalue weighted by Crippen LogP contribution is 2.27. The third-order valence-electron chi connectivity index (χ3n) is 6.57. The van der Waals surface area contributed by atoms with E-state index >= 15 is 0 Å². The van der Waals surface area contributed by atoms with E-state index in [9.17, 15) is 27.3 Å². The lowest BCUT2D eigenvalue weighted by molar-refractivity contribution is -0.146. The first-order chi connectivity index (χ1) is 16.7. The summed E-state index contributed by atoms with van der Waals surface area (Å²) < 4.78 is 46.8. The third kappa shape index (κ3) is 4.38. The molecule has 3 aromatic rings. The summed E-state index contributed by atoms with van der Waals surface area (Å²) in [7, 11) is 0. The first-order valence-corrected chi connectivity index (χ1v) is 11.4. The van der Waals surface area contributed by atoms with Gasteiger partial charge in [0.15, 0.2) is 0 Å². The highest BCUT2D eigenvalue weighted by atomic mass is 19.4. The second kappa shape index (κ2) is 8.79. The average molecular weight is 484 g/mol. The van der Waals surface area contributed by atoms with Crippen molar-refractivity contribution in [1.82, 2.24) is 14.8 Å². The van der Waals surface area contributed by atoms with Gasteiger partial charge in [0, 0.05) is 24.5 Å². The van der Waals surface area contributed by atoms with Crippen molar-refractivity contribution in [3.05, 3.63) is 65.9 Å². The Morgan fingerprint density at radius 1 is 1.11 bits per heavy atom. The molecular formula is C24H22BF3N3O4-. The van der Waals surface area contributed by atoms with E-state index in [4.69, 9.17) is 4.74 Å². The standard InChI is InChI=1S/C24H22BF3N3O4/c26-25(27,28)17-8-9-18-16(11-19-23(33)30-10-4-7-20(30)22(32)29-19)13-31(21(18)12-17)24(34)35-14-15-5-2-1-3-6-15/h1-3,5-6,8-9,12-13,19-20H,4,7,10-11,14H2,(H,29,32)/q-1/t19-,20-/m0/s1. The van der Waals surface area contributed by atoms with Gasteiger partial charge in [-0.3, -0.25) is 14.2 Å². The van der Waals surface area contributed by atoms with Crippen LogP contribution in [0.1, 0.15) is 24.0 Å². The summed E-state index contributed by atoms with van der Waals surface area (Å²) in [6.45, 7) is -4.84. The van der Waals surface area contributed by atoms with Gasteiger partial charge in [0.25, 0.3) is 0 Å². The fourth-order valence-electron chi connectivity index (χ4n) is 4.81. The number of nitrogens with one attached hydrogen (secondary N) is 1. The van der Waals surface area contributed by atoms with E-state index in [1.165, 1.54) is 12.3 Å². The summed E-state index contributed by atoms with van der Waals surface area (Å²) in [5, 5.41) is 3.12. The number of carbonyl (C=O) groups is 3. The van der Waals surface area contributed by atoms with Crippen molar-refractivity contribution in [2.24, 2.45) is 0 Å². The van der Waals surface area contributed by atoms with E-state index in [0.29, 0.717) is 23.9 Å². The summed E-state index contributed by atoms with van der Waals surface area (Å²) in [5.41, 5.74) is 0.381. The number of hydrogen-bond donors (Lipinski definition) is 1. The Morgan fingerprint density at radius 2 is 1.89 bits per heavy atom. The zero-order valence-corrected chi connectivity index (χ0v) is 18.6. The molecule has 0 unspecified atom stereocenters. The maximum absolute atomic E-state index is 13.5. The number of fused-ring (bicyclic) bond motifs is 2. The van der Waals surface area contributed by atoms with E-state index in [0.717, 1.165) is 28.7 Å². The molecule has 0 aliphatic carbocycles. The number of aromatic nitrogens is 1. The fraction of sp³-hybridized carbons (Fsp3) is 0.292. The van der Waals surface area contributed by atoms with Gasteiger partial charge >= 0.3 is 13.1 Å². The zero-order valence-electron chi connectivity index (χ0n) is 18.6. The van der Waals surface area contributed by atoms with E-state index in [1.807, 2.05) is 6.07 Å². The molecule has 2 aromatic carbocycles. The van der Waals surface area contributed by atoms with Gasteiger partial charge < -0.3 is 27.9 Å². The maximum atomic E-state index is 13.5. The number of rotatable bonds is 5. The Kier molecular flexibility index (Phi) is 5.78. The van der Waals surface area contributed by atoms with Crippen LogP contribution in [0.15, 0.2) is 54.7 Å². The molecule has 2 amide bonds. The predicted molar refractivity (Wildman–Crippen MR) is 123 cm³/mol. The number of piperazine rings is 1. The normalized spacial score (nSPS) is 20.1. The molecule has 1 aromatic heterocycles. The maximum Gasteiger partial charge on any atom is 0.509 e. The Hall–Kier alpha value is -3.76. The lowest BCUT2D eigenvalue weighted by Crippen LogP contribution is -2.61. The van der Waals surface area contributed by atoms with Crippen LogP contribution >= 0.6 is 0 Å². The van der Waals surface area contributed by atoms with Crippen molar-refractivity contribution in [3.63, 3.8) is 0 Å². The Balaban J connectivity index is 1.47. The molecule has 182 valence electrons. The number of nitrogens with zero attached hydrogens (tertiary/aromatic N) is 2. The van der Waals surface area contributed by atoms with Crippen LogP contribution in [0.3, 0.4) is 0 Å². The Morgan fingerprint density at radius 3 is 2.63 bits per heavy atom. The van der Waals surface area contributed by atoms with Crippen LogP contribution in [0.2, 0.25) is 0 Å². The minimum absolute atomic E-state index is 0.0309. The lowest BCUT2D eigenvalue weighted by atomic mass is 9.79. The van der Waals surface area contributed by atoms with Crippen LogP contribution < -0.4 is 10.8 Å². The van der Waals surface area contributed by atoms with E-state index < -0.39 is 30.6 Å². The number of benzene rings is 2. The molecule has 2 aliphatic heterocycles. The number of halogens is 3. The molecule has 2 saturated heterocycles. The van der Waals surface area contributed by atoms with Crippen molar-refractivity contribution in [2.45, 2.75) is 38.0 Å². The zero-order chi connectivity index (χ0) is 24.7. The quantitative estimate of drug-likeness (QED) is 0.565. The van der Waals surface area contributed by atoms with Crippen LogP contribution in [-0.4, -0.2) is 53.0 Å². The van der Waals surface area contributed by atoms with Crippen LogP contribution in [0, 0.1) is 0 Å². The van der Waals surface area contributed by atoms with Crippen LogP contribution in [-0.2, 0) is 27.4 Å². The van der Waals surface area contributed by atoms with Crippen LogP contribution in [0.5, 0.6) is 0 Å². The van der Waals surface area contributed by atoms with Gasteiger partial charge in [-0.2, -0.15) is 0 Å². The average Bonchev–Trinajstić information content (AvgIpc) is 3.47. The molecule has 0 saturated carbocycles. The summed E-state index contributed by atoms with van der Waals surface area (Å²) in [6, 6.07) is 10.8. The van der Waals surface area contributed by atoms with Gasteiger partial charge in [-0.25, -0.2) is 4.79 Å². The lowest BCUT2D eigenvalue weighted by Gasteiger charge is -2.34. The summed E-state index contributed by atoms with van der Waals surface area (Å²) >= 11 is 0. The molecule has 7 nitrogen and oxygen atoms in total. The highest BCUT2D eigenvalue weighted by molar-refractivity contribution is 6.73. The van der Waals surface area contributed by atoms with Gasteiger partial charge in [-0.05, 0) is 24.0 Å². The van der Waals surface area contributed by atoms with Crippen molar-refractivity contribution in [3.8, 4) is 0 Å². The summed E-state index contributed by atoms with van der Waals surface area (Å²) in [4.78, 5) is 39.9. The summed E-state index contributed by atoms with van der Waals surface area (Å²) in [6.07, 6.45) is 1.94. The second-order valence-electron chi connectivity index (χ2n) is 8.87. The van der Waals surface area contributed by atoms with E-state index in [-0.39, 0.29) is 30.4 Å². The van der Waals surface area contributed by atoms with Gasteiger partial charge in [0.05, 0.1) is 5.52 Å². The highest BCUT2D eigenvalue weighted by Gasteiger charge is 2.43. The monoisotopic (exact) mass is 484 g/mol. The van der Waals surface area contributed by atoms with Crippen molar-refractivity contribution < 1.29 is 32.1 Å². The van der Waals surface area contributed by atoms with E-state index in [1.54, 1.807) is 29.2 Å². The fourth-order valence-corrected chi connectivity index (χ4v) is 4.81. The topological polar surface area (TPSA) is 80.6 Å². The molecule has 0 spiro atoms. The molecule has 2 aliphatic rings. The molecule has 0 radical (unpaired) electrons. The Bertz CT molecular complexity index is 1310. The number of ether oxygens (including phenoxy) is 1. The molecule has 35 heavy (non-hydrogen) atoms. The van der Waals surface area contributed by atoms with Crippen LogP contribution in [0.4, 0.5) is 17.7 Å². The molecule has 2 atom stereocenters. The number of amides is 2. The molecular weight excluding hydrogens is 462 g/mol. The van der Waals surface area contributed by atoms with E-state index in [2.05, 4.69) is 5.32 Å². The van der Waals surface area contributed by atoms with Gasteiger partial charge in [0.2, 0.25) is 11.8 Å². The van der Waals surface area contributed by atoms with Gasteiger partial charge in [-0.15, -0.1) is 5.46 Å². The summed E-state index contributed by atoms with van der Waals surface area (Å²) in [5.74, 6) is -0.463. The minimum atomic E-state index is -5.29. The molecule has 2 fully saturated rings. The Labute approximate surface area is 198 Å².